The number of carbonyl (C=O) groups is 2. The fourth-order valence-electron chi connectivity index (χ4n) is 2.46. The molecule has 1 atom stereocenters. The van der Waals surface area contributed by atoms with Crippen molar-refractivity contribution in [3.05, 3.63) is 40.9 Å². The minimum absolute atomic E-state index is 0.0538. The van der Waals surface area contributed by atoms with Gasteiger partial charge >= 0.3 is 5.97 Å². The fraction of sp³-hybridized carbons (Fsp3) is 0.389. The SMILES string of the molecule is Cc1nc(-c2ccccc2)sc1C(C)NC(=O)CCCCC(=O)O. The summed E-state index contributed by atoms with van der Waals surface area (Å²) in [4.78, 5) is 28.1. The van der Waals surface area contributed by atoms with Crippen LogP contribution in [0.1, 0.15) is 49.2 Å². The van der Waals surface area contributed by atoms with Crippen molar-refractivity contribution >= 4 is 23.2 Å². The summed E-state index contributed by atoms with van der Waals surface area (Å²) in [5, 5.41) is 12.5. The van der Waals surface area contributed by atoms with Gasteiger partial charge in [-0.25, -0.2) is 4.98 Å². The largest absolute Gasteiger partial charge is 0.481 e. The number of amides is 1. The molecule has 1 aromatic heterocycles. The number of hydrogen-bond donors (Lipinski definition) is 2. The first-order chi connectivity index (χ1) is 11.5. The van der Waals surface area contributed by atoms with Gasteiger partial charge in [-0.15, -0.1) is 11.3 Å². The number of aryl methyl sites for hydroxylation is 1. The van der Waals surface area contributed by atoms with Gasteiger partial charge in [0.25, 0.3) is 0 Å². The van der Waals surface area contributed by atoms with E-state index in [4.69, 9.17) is 5.11 Å². The van der Waals surface area contributed by atoms with E-state index in [1.165, 1.54) is 0 Å². The summed E-state index contributed by atoms with van der Waals surface area (Å²) in [5.41, 5.74) is 2.00. The highest BCUT2D eigenvalue weighted by Crippen LogP contribution is 2.31. The van der Waals surface area contributed by atoms with Crippen molar-refractivity contribution in [1.82, 2.24) is 10.3 Å². The highest BCUT2D eigenvalue weighted by Gasteiger charge is 2.17. The zero-order valence-electron chi connectivity index (χ0n) is 13.9. The average molecular weight is 346 g/mol. The van der Waals surface area contributed by atoms with E-state index in [1.807, 2.05) is 44.2 Å². The molecule has 1 amide bonds. The highest BCUT2D eigenvalue weighted by molar-refractivity contribution is 7.15. The second kappa shape index (κ2) is 8.59. The van der Waals surface area contributed by atoms with Crippen molar-refractivity contribution < 1.29 is 14.7 Å². The third-order valence-corrected chi connectivity index (χ3v) is 5.06. The van der Waals surface area contributed by atoms with Gasteiger partial charge in [0.15, 0.2) is 0 Å². The Morgan fingerprint density at radius 3 is 2.54 bits per heavy atom. The van der Waals surface area contributed by atoms with Gasteiger partial charge in [0, 0.05) is 18.4 Å². The second-order valence-corrected chi connectivity index (χ2v) is 6.76. The first kappa shape index (κ1) is 18.1. The van der Waals surface area contributed by atoms with Gasteiger partial charge in [-0.2, -0.15) is 0 Å². The van der Waals surface area contributed by atoms with E-state index in [1.54, 1.807) is 11.3 Å². The van der Waals surface area contributed by atoms with Crippen LogP contribution in [0.25, 0.3) is 10.6 Å². The molecule has 0 saturated carbocycles. The number of aliphatic carboxylic acids is 1. The number of rotatable bonds is 8. The molecule has 0 bridgehead atoms. The Morgan fingerprint density at radius 2 is 1.88 bits per heavy atom. The van der Waals surface area contributed by atoms with E-state index in [9.17, 15) is 9.59 Å². The maximum Gasteiger partial charge on any atom is 0.303 e. The van der Waals surface area contributed by atoms with Crippen molar-refractivity contribution in [2.24, 2.45) is 0 Å². The minimum Gasteiger partial charge on any atom is -0.481 e. The summed E-state index contributed by atoms with van der Waals surface area (Å²) in [5.74, 6) is -0.876. The summed E-state index contributed by atoms with van der Waals surface area (Å²) < 4.78 is 0. The Balaban J connectivity index is 1.93. The Hall–Kier alpha value is -2.21. The second-order valence-electron chi connectivity index (χ2n) is 5.72. The summed E-state index contributed by atoms with van der Waals surface area (Å²) in [6.07, 6.45) is 1.56. The topological polar surface area (TPSA) is 79.3 Å². The number of nitrogens with one attached hydrogen (secondary N) is 1. The normalized spacial score (nSPS) is 11.9. The fourth-order valence-corrected chi connectivity index (χ4v) is 3.53. The van der Waals surface area contributed by atoms with Crippen LogP contribution >= 0.6 is 11.3 Å². The number of carboxylic acids is 1. The Bertz CT molecular complexity index is 698. The monoisotopic (exact) mass is 346 g/mol. The number of benzene rings is 1. The summed E-state index contributed by atoms with van der Waals surface area (Å²) >= 11 is 1.59. The van der Waals surface area contributed by atoms with Gasteiger partial charge in [0.1, 0.15) is 5.01 Å². The first-order valence-corrected chi connectivity index (χ1v) is 8.83. The van der Waals surface area contributed by atoms with Crippen molar-refractivity contribution in [3.8, 4) is 10.6 Å². The van der Waals surface area contributed by atoms with Crippen molar-refractivity contribution in [1.29, 1.82) is 0 Å². The van der Waals surface area contributed by atoms with Crippen LogP contribution in [0, 0.1) is 6.92 Å². The molecule has 0 radical (unpaired) electrons. The van der Waals surface area contributed by atoms with Crippen LogP contribution in [0.3, 0.4) is 0 Å². The predicted octanol–water partition coefficient (Wildman–Crippen LogP) is 3.94. The number of carboxylic acid groups (broad SMARTS) is 1. The number of aromatic nitrogens is 1. The zero-order chi connectivity index (χ0) is 17.5. The average Bonchev–Trinajstić information content (AvgIpc) is 2.94. The van der Waals surface area contributed by atoms with Crippen LogP contribution in [0.2, 0.25) is 0 Å². The Kier molecular flexibility index (Phi) is 6.49. The molecule has 0 spiro atoms. The maximum absolute atomic E-state index is 12.0. The standard InChI is InChI=1S/C18H22N2O3S/c1-12(19-15(21)10-6-7-11-16(22)23)17-13(2)20-18(24-17)14-8-4-3-5-9-14/h3-5,8-9,12H,6-7,10-11H2,1-2H3,(H,19,21)(H,22,23). The molecule has 0 aliphatic heterocycles. The molecule has 2 rings (SSSR count). The van der Waals surface area contributed by atoms with E-state index < -0.39 is 5.97 Å². The molecular weight excluding hydrogens is 324 g/mol. The van der Waals surface area contributed by atoms with E-state index in [-0.39, 0.29) is 18.4 Å². The molecular formula is C18H22N2O3S. The van der Waals surface area contributed by atoms with Crippen LogP contribution in [0.4, 0.5) is 0 Å². The summed E-state index contributed by atoms with van der Waals surface area (Å²) in [6, 6.07) is 9.87. The molecule has 2 N–H and O–H groups in total. The molecule has 0 aliphatic rings. The van der Waals surface area contributed by atoms with E-state index in [0.29, 0.717) is 19.3 Å². The third kappa shape index (κ3) is 5.16. The minimum atomic E-state index is -0.822. The lowest BCUT2D eigenvalue weighted by Crippen LogP contribution is -2.26. The lowest BCUT2D eigenvalue weighted by Gasteiger charge is -2.12. The third-order valence-electron chi connectivity index (χ3n) is 3.67. The van der Waals surface area contributed by atoms with Crippen molar-refractivity contribution in [2.45, 2.75) is 45.6 Å². The molecule has 2 aromatic rings. The van der Waals surface area contributed by atoms with Crippen molar-refractivity contribution in [3.63, 3.8) is 0 Å². The molecule has 5 nitrogen and oxygen atoms in total. The molecule has 1 heterocycles. The highest BCUT2D eigenvalue weighted by atomic mass is 32.1. The summed E-state index contributed by atoms with van der Waals surface area (Å²) in [7, 11) is 0. The van der Waals surface area contributed by atoms with Crippen LogP contribution in [-0.2, 0) is 9.59 Å². The van der Waals surface area contributed by atoms with Gasteiger partial charge in [-0.05, 0) is 26.7 Å². The zero-order valence-corrected chi connectivity index (χ0v) is 14.7. The van der Waals surface area contributed by atoms with Gasteiger partial charge in [0.05, 0.1) is 16.6 Å². The Morgan fingerprint density at radius 1 is 1.21 bits per heavy atom. The van der Waals surface area contributed by atoms with Gasteiger partial charge in [-0.1, -0.05) is 30.3 Å². The van der Waals surface area contributed by atoms with E-state index in [2.05, 4.69) is 10.3 Å². The van der Waals surface area contributed by atoms with E-state index in [0.717, 1.165) is 21.1 Å². The molecule has 0 fully saturated rings. The quantitative estimate of drug-likeness (QED) is 0.710. The molecule has 24 heavy (non-hydrogen) atoms. The number of nitrogens with zero attached hydrogens (tertiary/aromatic N) is 1. The van der Waals surface area contributed by atoms with Crippen LogP contribution < -0.4 is 5.32 Å². The lowest BCUT2D eigenvalue weighted by atomic mass is 10.1. The molecule has 128 valence electrons. The smallest absolute Gasteiger partial charge is 0.303 e. The molecule has 0 aliphatic carbocycles. The van der Waals surface area contributed by atoms with Gasteiger partial charge in [0.2, 0.25) is 5.91 Å². The van der Waals surface area contributed by atoms with E-state index >= 15 is 0 Å². The molecule has 1 unspecified atom stereocenters. The Labute approximate surface area is 145 Å². The number of unbranched alkanes of at least 4 members (excludes halogenated alkanes) is 1. The predicted molar refractivity (Wildman–Crippen MR) is 94.9 cm³/mol. The van der Waals surface area contributed by atoms with Crippen LogP contribution in [-0.4, -0.2) is 22.0 Å². The molecule has 6 heteroatoms. The summed E-state index contributed by atoms with van der Waals surface area (Å²) in [6.45, 7) is 3.90. The number of carbonyl (C=O) groups excluding carboxylic acids is 1. The molecule has 1 aromatic carbocycles. The van der Waals surface area contributed by atoms with Crippen LogP contribution in [0.15, 0.2) is 30.3 Å². The van der Waals surface area contributed by atoms with Crippen molar-refractivity contribution in [2.75, 3.05) is 0 Å². The maximum atomic E-state index is 12.0. The van der Waals surface area contributed by atoms with Crippen LogP contribution in [0.5, 0.6) is 0 Å². The number of thiazole rings is 1. The number of hydrogen-bond acceptors (Lipinski definition) is 4. The van der Waals surface area contributed by atoms with Gasteiger partial charge in [-0.3, -0.25) is 9.59 Å². The lowest BCUT2D eigenvalue weighted by molar-refractivity contribution is -0.137. The first-order valence-electron chi connectivity index (χ1n) is 8.01. The van der Waals surface area contributed by atoms with Gasteiger partial charge < -0.3 is 10.4 Å². The molecule has 0 saturated heterocycles.